The van der Waals surface area contributed by atoms with E-state index in [0.717, 1.165) is 0 Å². The van der Waals surface area contributed by atoms with Gasteiger partial charge in [-0.1, -0.05) is 24.3 Å². The molecule has 0 heterocycles. The van der Waals surface area contributed by atoms with Gasteiger partial charge < -0.3 is 13.8 Å². The first-order valence-corrected chi connectivity index (χ1v) is 11.8. The van der Waals surface area contributed by atoms with Crippen molar-refractivity contribution in [1.29, 1.82) is 0 Å². The predicted octanol–water partition coefficient (Wildman–Crippen LogP) is 7.08. The normalized spacial score (nSPS) is 12.7. The molecule has 3 aromatic rings. The van der Waals surface area contributed by atoms with Crippen LogP contribution in [0.3, 0.4) is 0 Å². The third kappa shape index (κ3) is 4.85. The van der Waals surface area contributed by atoms with E-state index in [1.807, 2.05) is 0 Å². The Morgan fingerprint density at radius 3 is 1.91 bits per heavy atom. The van der Waals surface area contributed by atoms with Crippen LogP contribution in [0.4, 0.5) is 22.0 Å². The summed E-state index contributed by atoms with van der Waals surface area (Å²) in [7, 11) is -3.49. The van der Waals surface area contributed by atoms with Gasteiger partial charge in [0.25, 0.3) is 0 Å². The number of fused-ring (bicyclic) bond motifs is 1. The molecular weight excluding hydrogens is 482 g/mol. The maximum Gasteiger partial charge on any atom is 0.343 e. The second-order valence-corrected chi connectivity index (χ2v) is 9.53. The second-order valence-electron chi connectivity index (χ2n) is 7.16. The molecule has 0 saturated heterocycles. The van der Waals surface area contributed by atoms with Crippen LogP contribution in [0.15, 0.2) is 36.4 Å². The number of carbonyl (C=O) groups excluding carboxylic acids is 1. The molecule has 0 aromatic heterocycles. The van der Waals surface area contributed by atoms with Gasteiger partial charge in [0.1, 0.15) is 0 Å². The third-order valence-electron chi connectivity index (χ3n) is 5.04. The fraction of sp³-hybridized carbons (Fsp3) is 0.261. The minimum Gasteiger partial charge on any atom is -0.416 e. The van der Waals surface area contributed by atoms with E-state index in [4.69, 9.17) is 9.05 Å². The molecule has 0 spiro atoms. The molecule has 0 aliphatic heterocycles. The Balaban J connectivity index is 1.97. The highest BCUT2D eigenvalue weighted by Crippen LogP contribution is 2.60. The Bertz CT molecular complexity index is 1260. The van der Waals surface area contributed by atoms with E-state index >= 15 is 0 Å². The first-order valence-electron chi connectivity index (χ1n) is 10.2. The van der Waals surface area contributed by atoms with E-state index < -0.39 is 54.1 Å². The topological polar surface area (TPSA) is 61.8 Å². The van der Waals surface area contributed by atoms with Gasteiger partial charge in [0.15, 0.2) is 0 Å². The molecule has 0 radical (unpaired) electrons. The average molecular weight is 502 g/mol. The van der Waals surface area contributed by atoms with Crippen LogP contribution in [-0.4, -0.2) is 19.2 Å². The monoisotopic (exact) mass is 502 g/mol. The Morgan fingerprint density at radius 1 is 0.824 bits per heavy atom. The first kappa shape index (κ1) is 25.8. The lowest BCUT2D eigenvalue weighted by atomic mass is 10.0. The summed E-state index contributed by atoms with van der Waals surface area (Å²) in [5.74, 6) is -14.4. The van der Waals surface area contributed by atoms with Crippen LogP contribution >= 0.6 is 7.60 Å². The number of esters is 1. The summed E-state index contributed by atoms with van der Waals surface area (Å²) in [6, 6.07) is 9.12. The lowest BCUT2D eigenvalue weighted by Crippen LogP contribution is -2.13. The van der Waals surface area contributed by atoms with Gasteiger partial charge in [-0.05, 0) is 49.2 Å². The number of hydrogen-bond acceptors (Lipinski definition) is 5. The maximum atomic E-state index is 13.9. The number of benzene rings is 3. The van der Waals surface area contributed by atoms with E-state index in [0.29, 0.717) is 16.3 Å². The van der Waals surface area contributed by atoms with Gasteiger partial charge in [0.05, 0.1) is 24.4 Å². The van der Waals surface area contributed by atoms with Crippen molar-refractivity contribution in [3.8, 4) is 5.75 Å². The summed E-state index contributed by atoms with van der Waals surface area (Å²) in [4.78, 5) is 12.4. The minimum absolute atomic E-state index is 0.170. The molecule has 0 saturated carbocycles. The fourth-order valence-corrected chi connectivity index (χ4v) is 5.05. The Morgan fingerprint density at radius 2 is 1.35 bits per heavy atom. The fourth-order valence-electron chi connectivity index (χ4n) is 3.28. The lowest BCUT2D eigenvalue weighted by molar-refractivity contribution is 0.0716. The predicted molar refractivity (Wildman–Crippen MR) is 114 cm³/mol. The van der Waals surface area contributed by atoms with E-state index in [9.17, 15) is 31.3 Å². The molecule has 182 valence electrons. The Hall–Kier alpha value is -2.81. The largest absolute Gasteiger partial charge is 0.416 e. The van der Waals surface area contributed by atoms with Gasteiger partial charge in [-0.15, -0.1) is 0 Å². The van der Waals surface area contributed by atoms with Gasteiger partial charge in [0.2, 0.25) is 34.8 Å². The Labute approximate surface area is 192 Å². The van der Waals surface area contributed by atoms with Crippen LogP contribution in [0, 0.1) is 29.1 Å². The van der Waals surface area contributed by atoms with Crippen molar-refractivity contribution in [2.45, 2.75) is 26.4 Å². The molecule has 11 heteroatoms. The van der Waals surface area contributed by atoms with Crippen molar-refractivity contribution >= 4 is 24.3 Å². The summed E-state index contributed by atoms with van der Waals surface area (Å²) >= 11 is 0. The molecule has 0 bridgehead atoms. The summed E-state index contributed by atoms with van der Waals surface area (Å²) in [6.45, 7) is 5.36. The van der Waals surface area contributed by atoms with Crippen LogP contribution in [-0.2, 0) is 13.6 Å². The number of rotatable bonds is 8. The zero-order valence-electron chi connectivity index (χ0n) is 18.3. The quantitative estimate of drug-likeness (QED) is 0.0823. The molecule has 1 atom stereocenters. The number of halogens is 5. The maximum absolute atomic E-state index is 13.9. The standard InChI is InChI=1S/C23H20F5O5P/c1-4-31-34(30,32-5-2)12(3)14-8-6-13-7-9-15(11-16(13)10-14)23(29)33-22-20(27)18(25)17(24)19(26)21(22)28/h6-12H,4-5H2,1-3H3. The smallest absolute Gasteiger partial charge is 0.343 e. The molecule has 0 amide bonds. The summed E-state index contributed by atoms with van der Waals surface area (Å²) in [5.41, 5.74) is -0.289. The number of ether oxygens (including phenoxy) is 1. The van der Waals surface area contributed by atoms with E-state index in [1.165, 1.54) is 18.2 Å². The van der Waals surface area contributed by atoms with Gasteiger partial charge in [-0.2, -0.15) is 8.78 Å². The van der Waals surface area contributed by atoms with Crippen molar-refractivity contribution in [3.05, 3.63) is 76.6 Å². The van der Waals surface area contributed by atoms with Crippen LogP contribution < -0.4 is 4.74 Å². The third-order valence-corrected chi connectivity index (χ3v) is 7.52. The number of hydrogen-bond donors (Lipinski definition) is 0. The first-order chi connectivity index (χ1) is 16.0. The zero-order chi connectivity index (χ0) is 25.2. The highest BCUT2D eigenvalue weighted by Gasteiger charge is 2.33. The number of carbonyl (C=O) groups is 1. The summed E-state index contributed by atoms with van der Waals surface area (Å²) in [6.07, 6.45) is 0. The second kappa shape index (κ2) is 10.2. The SMILES string of the molecule is CCOP(=O)(OCC)C(C)c1ccc2ccc(C(=O)Oc3c(F)c(F)c(F)c(F)c3F)cc2c1. The van der Waals surface area contributed by atoms with Crippen molar-refractivity contribution in [1.82, 2.24) is 0 Å². The molecule has 0 aliphatic carbocycles. The van der Waals surface area contributed by atoms with Gasteiger partial charge in [-0.25, -0.2) is 18.0 Å². The van der Waals surface area contributed by atoms with Crippen molar-refractivity contribution in [2.75, 3.05) is 13.2 Å². The lowest BCUT2D eigenvalue weighted by Gasteiger charge is -2.24. The van der Waals surface area contributed by atoms with Crippen molar-refractivity contribution < 1.29 is 45.1 Å². The molecule has 0 fully saturated rings. The van der Waals surface area contributed by atoms with Gasteiger partial charge >= 0.3 is 13.6 Å². The molecule has 0 N–H and O–H groups in total. The zero-order valence-corrected chi connectivity index (χ0v) is 19.2. The molecule has 0 aliphatic rings. The van der Waals surface area contributed by atoms with Crippen LogP contribution in [0.1, 0.15) is 42.4 Å². The summed E-state index contributed by atoms with van der Waals surface area (Å²) < 4.78 is 96.1. The van der Waals surface area contributed by atoms with Crippen LogP contribution in [0.2, 0.25) is 0 Å². The van der Waals surface area contributed by atoms with Crippen LogP contribution in [0.25, 0.3) is 10.8 Å². The Kier molecular flexibility index (Phi) is 7.75. The highest BCUT2D eigenvalue weighted by molar-refractivity contribution is 7.54. The van der Waals surface area contributed by atoms with Crippen molar-refractivity contribution in [2.24, 2.45) is 0 Å². The minimum atomic E-state index is -3.49. The molecule has 3 rings (SSSR count). The molecule has 3 aromatic carbocycles. The molecule has 5 nitrogen and oxygen atoms in total. The molecule has 34 heavy (non-hydrogen) atoms. The van der Waals surface area contributed by atoms with E-state index in [-0.39, 0.29) is 18.8 Å². The molecular formula is C23H20F5O5P. The highest BCUT2D eigenvalue weighted by atomic mass is 31.2. The van der Waals surface area contributed by atoms with Gasteiger partial charge in [-0.3, -0.25) is 4.57 Å². The van der Waals surface area contributed by atoms with Crippen molar-refractivity contribution in [3.63, 3.8) is 0 Å². The molecule has 1 unspecified atom stereocenters. The van der Waals surface area contributed by atoms with Gasteiger partial charge in [0, 0.05) is 0 Å². The van der Waals surface area contributed by atoms with Crippen LogP contribution in [0.5, 0.6) is 5.75 Å². The average Bonchev–Trinajstić information content (AvgIpc) is 2.83. The summed E-state index contributed by atoms with van der Waals surface area (Å²) in [5, 5.41) is 1.13. The van der Waals surface area contributed by atoms with E-state index in [1.54, 1.807) is 39.0 Å². The van der Waals surface area contributed by atoms with E-state index in [2.05, 4.69) is 4.74 Å².